The van der Waals surface area contributed by atoms with Gasteiger partial charge in [0.1, 0.15) is 0 Å². The monoisotopic (exact) mass is 249 g/mol. The summed E-state index contributed by atoms with van der Waals surface area (Å²) in [6.45, 7) is 8.20. The van der Waals surface area contributed by atoms with Gasteiger partial charge >= 0.3 is 0 Å². The first-order valence-electron chi connectivity index (χ1n) is 6.95. The van der Waals surface area contributed by atoms with Gasteiger partial charge < -0.3 is 9.88 Å². The zero-order chi connectivity index (χ0) is 12.4. The number of aryl methyl sites for hydroxylation is 1. The molecule has 2 fully saturated rings. The van der Waals surface area contributed by atoms with Crippen LogP contribution in [0.25, 0.3) is 0 Å². The molecule has 1 aromatic rings. The van der Waals surface area contributed by atoms with Crippen molar-refractivity contribution < 1.29 is 0 Å². The maximum atomic E-state index is 4.18. The van der Waals surface area contributed by atoms with Crippen LogP contribution < -0.4 is 5.32 Å². The van der Waals surface area contributed by atoms with Gasteiger partial charge in [-0.1, -0.05) is 0 Å². The summed E-state index contributed by atoms with van der Waals surface area (Å²) in [5.41, 5.74) is 1.31. The summed E-state index contributed by atoms with van der Waals surface area (Å²) in [7, 11) is 2.07. The van der Waals surface area contributed by atoms with E-state index in [4.69, 9.17) is 0 Å². The molecule has 18 heavy (non-hydrogen) atoms. The molecule has 5 heteroatoms. The summed E-state index contributed by atoms with van der Waals surface area (Å²) in [5, 5.41) is 3.46. The molecule has 0 radical (unpaired) electrons. The predicted molar refractivity (Wildman–Crippen MR) is 71.3 cm³/mol. The number of imidazole rings is 1. The van der Waals surface area contributed by atoms with Crippen LogP contribution in [0.4, 0.5) is 0 Å². The molecule has 3 rings (SSSR count). The van der Waals surface area contributed by atoms with Crippen LogP contribution in [0.1, 0.15) is 12.1 Å². The number of piperazine rings is 1. The molecule has 0 spiro atoms. The highest BCUT2D eigenvalue weighted by atomic mass is 15.3. The van der Waals surface area contributed by atoms with Gasteiger partial charge in [-0.25, -0.2) is 4.98 Å². The first kappa shape index (κ1) is 12.1. The molecule has 1 N–H and O–H groups in total. The number of nitrogens with one attached hydrogen (secondary N) is 1. The van der Waals surface area contributed by atoms with E-state index in [2.05, 4.69) is 31.7 Å². The van der Waals surface area contributed by atoms with Crippen molar-refractivity contribution in [3.05, 3.63) is 18.2 Å². The van der Waals surface area contributed by atoms with Gasteiger partial charge in [0.25, 0.3) is 0 Å². The Morgan fingerprint density at radius 3 is 2.78 bits per heavy atom. The molecule has 2 aliphatic heterocycles. The van der Waals surface area contributed by atoms with E-state index in [1.165, 1.54) is 51.4 Å². The fourth-order valence-corrected chi connectivity index (χ4v) is 3.00. The summed E-state index contributed by atoms with van der Waals surface area (Å²) in [5.74, 6) is 0. The van der Waals surface area contributed by atoms with Crippen molar-refractivity contribution >= 4 is 0 Å². The van der Waals surface area contributed by atoms with E-state index >= 15 is 0 Å². The van der Waals surface area contributed by atoms with Crippen molar-refractivity contribution in [2.75, 3.05) is 39.3 Å². The minimum Gasteiger partial charge on any atom is -0.337 e. The van der Waals surface area contributed by atoms with Crippen molar-refractivity contribution in [2.45, 2.75) is 19.0 Å². The van der Waals surface area contributed by atoms with E-state index in [1.54, 1.807) is 0 Å². The van der Waals surface area contributed by atoms with Crippen LogP contribution in [0.3, 0.4) is 0 Å². The third-order valence-corrected chi connectivity index (χ3v) is 4.26. The van der Waals surface area contributed by atoms with Crippen molar-refractivity contribution in [2.24, 2.45) is 7.05 Å². The topological polar surface area (TPSA) is 36.3 Å². The standard InChI is InChI=1S/C13H23N5/c1-16-11-15-9-13(16)10-17-4-6-18(7-5-17)12-2-3-14-8-12/h9,11-12,14H,2-8,10H2,1H3. The second-order valence-electron chi connectivity index (χ2n) is 5.45. The van der Waals surface area contributed by atoms with Crippen LogP contribution in [0.15, 0.2) is 12.5 Å². The lowest BCUT2D eigenvalue weighted by molar-refractivity contribution is 0.0968. The van der Waals surface area contributed by atoms with Gasteiger partial charge in [-0.05, 0) is 13.0 Å². The number of hydrogen-bond acceptors (Lipinski definition) is 4. The number of nitrogens with zero attached hydrogens (tertiary/aromatic N) is 4. The number of aromatic nitrogens is 2. The average Bonchev–Trinajstić information content (AvgIpc) is 3.03. The fraction of sp³-hybridized carbons (Fsp3) is 0.769. The van der Waals surface area contributed by atoms with E-state index in [0.29, 0.717) is 0 Å². The third-order valence-electron chi connectivity index (χ3n) is 4.26. The Balaban J connectivity index is 1.49. The van der Waals surface area contributed by atoms with Crippen molar-refractivity contribution in [3.63, 3.8) is 0 Å². The van der Waals surface area contributed by atoms with Gasteiger partial charge in [-0.2, -0.15) is 0 Å². The van der Waals surface area contributed by atoms with E-state index < -0.39 is 0 Å². The zero-order valence-corrected chi connectivity index (χ0v) is 11.2. The van der Waals surface area contributed by atoms with E-state index in [-0.39, 0.29) is 0 Å². The lowest BCUT2D eigenvalue weighted by atomic mass is 10.2. The first-order chi connectivity index (χ1) is 8.83. The molecule has 2 aliphatic rings. The molecule has 0 amide bonds. The van der Waals surface area contributed by atoms with Crippen molar-refractivity contribution in [3.8, 4) is 0 Å². The third kappa shape index (κ3) is 2.58. The lowest BCUT2D eigenvalue weighted by Gasteiger charge is -2.37. The molecule has 0 bridgehead atoms. The van der Waals surface area contributed by atoms with E-state index in [1.807, 2.05) is 12.5 Å². The Bertz CT molecular complexity index is 374. The Morgan fingerprint density at radius 2 is 2.17 bits per heavy atom. The molecule has 0 aliphatic carbocycles. The maximum Gasteiger partial charge on any atom is 0.0945 e. The van der Waals surface area contributed by atoms with Gasteiger partial charge in [0.15, 0.2) is 0 Å². The SMILES string of the molecule is Cn1cncc1CN1CCN(C2CCNC2)CC1. The molecule has 5 nitrogen and oxygen atoms in total. The predicted octanol–water partition coefficient (Wildman–Crippen LogP) is -0.100. The summed E-state index contributed by atoms with van der Waals surface area (Å²) < 4.78 is 2.12. The zero-order valence-electron chi connectivity index (χ0n) is 11.2. The molecule has 0 aromatic carbocycles. The second-order valence-corrected chi connectivity index (χ2v) is 5.45. The quantitative estimate of drug-likeness (QED) is 0.811. The highest BCUT2D eigenvalue weighted by molar-refractivity contribution is 4.98. The van der Waals surface area contributed by atoms with Crippen molar-refractivity contribution in [1.82, 2.24) is 24.7 Å². The maximum absolute atomic E-state index is 4.18. The lowest BCUT2D eigenvalue weighted by Crippen LogP contribution is -2.50. The first-order valence-corrected chi connectivity index (χ1v) is 6.95. The molecule has 0 saturated carbocycles. The summed E-state index contributed by atoms with van der Waals surface area (Å²) >= 11 is 0. The van der Waals surface area contributed by atoms with Gasteiger partial charge in [0.2, 0.25) is 0 Å². The van der Waals surface area contributed by atoms with Crippen LogP contribution in [-0.4, -0.2) is 64.7 Å². The second kappa shape index (κ2) is 5.38. The Hall–Kier alpha value is -0.910. The average molecular weight is 249 g/mol. The Morgan fingerprint density at radius 1 is 1.33 bits per heavy atom. The molecule has 1 unspecified atom stereocenters. The van der Waals surface area contributed by atoms with Gasteiger partial charge in [-0.3, -0.25) is 9.80 Å². The van der Waals surface area contributed by atoms with Gasteiger partial charge in [-0.15, -0.1) is 0 Å². The van der Waals surface area contributed by atoms with Crippen LogP contribution in [-0.2, 0) is 13.6 Å². The fourth-order valence-electron chi connectivity index (χ4n) is 3.00. The minimum atomic E-state index is 0.781. The van der Waals surface area contributed by atoms with Crippen LogP contribution in [0.2, 0.25) is 0 Å². The molecular formula is C13H23N5. The van der Waals surface area contributed by atoms with Gasteiger partial charge in [0, 0.05) is 58.6 Å². The van der Waals surface area contributed by atoms with Crippen LogP contribution in [0.5, 0.6) is 0 Å². The normalized spacial score (nSPS) is 26.8. The van der Waals surface area contributed by atoms with Crippen molar-refractivity contribution in [1.29, 1.82) is 0 Å². The molecule has 1 atom stereocenters. The molecule has 2 saturated heterocycles. The Labute approximate surface area is 109 Å². The number of hydrogen-bond donors (Lipinski definition) is 1. The molecule has 3 heterocycles. The smallest absolute Gasteiger partial charge is 0.0945 e. The largest absolute Gasteiger partial charge is 0.337 e. The van der Waals surface area contributed by atoms with E-state index in [0.717, 1.165) is 12.6 Å². The van der Waals surface area contributed by atoms with E-state index in [9.17, 15) is 0 Å². The summed E-state index contributed by atoms with van der Waals surface area (Å²) in [6.07, 6.45) is 5.19. The van der Waals surface area contributed by atoms with Crippen LogP contribution in [0, 0.1) is 0 Å². The summed E-state index contributed by atoms with van der Waals surface area (Å²) in [6, 6.07) is 0.781. The highest BCUT2D eigenvalue weighted by Crippen LogP contribution is 2.13. The molecule has 100 valence electrons. The molecular weight excluding hydrogens is 226 g/mol. The minimum absolute atomic E-state index is 0.781. The summed E-state index contributed by atoms with van der Waals surface area (Å²) in [4.78, 5) is 9.37. The Kier molecular flexibility index (Phi) is 3.63. The number of rotatable bonds is 3. The van der Waals surface area contributed by atoms with Crippen LogP contribution >= 0.6 is 0 Å². The molecule has 1 aromatic heterocycles. The van der Waals surface area contributed by atoms with Gasteiger partial charge in [0.05, 0.1) is 12.0 Å². The highest BCUT2D eigenvalue weighted by Gasteiger charge is 2.26.